The molecule has 1 fully saturated rings. The number of rotatable bonds is 3. The van der Waals surface area contributed by atoms with Gasteiger partial charge in [0.1, 0.15) is 0 Å². The van der Waals surface area contributed by atoms with Crippen molar-refractivity contribution < 1.29 is 17.9 Å². The smallest absolute Gasteiger partial charge is 0.231 e. The molecule has 0 unspecified atom stereocenters. The predicted molar refractivity (Wildman–Crippen MR) is 85.4 cm³/mol. The first-order valence-corrected chi connectivity index (χ1v) is 8.99. The Morgan fingerprint density at radius 1 is 1.04 bits per heavy atom. The van der Waals surface area contributed by atoms with Crippen LogP contribution in [0.4, 0.5) is 0 Å². The molecule has 0 spiro atoms. The monoisotopic (exact) mass is 331 g/mol. The van der Waals surface area contributed by atoms with Crippen molar-refractivity contribution in [3.8, 4) is 11.5 Å². The Labute approximate surface area is 134 Å². The van der Waals surface area contributed by atoms with Crippen LogP contribution in [0.1, 0.15) is 17.0 Å². The lowest BCUT2D eigenvalue weighted by Gasteiger charge is -2.05. The lowest BCUT2D eigenvalue weighted by molar-refractivity contribution is 0.174. The molecule has 4 rings (SSSR count). The number of sulfone groups is 1. The summed E-state index contributed by atoms with van der Waals surface area (Å²) in [6.07, 6.45) is 0. The summed E-state index contributed by atoms with van der Waals surface area (Å²) in [6, 6.07) is 12.0. The Balaban J connectivity index is 1.65. The maximum Gasteiger partial charge on any atom is 0.231 e. The van der Waals surface area contributed by atoms with Gasteiger partial charge in [0.2, 0.25) is 6.79 Å². The fraction of sp³-hybridized carbons (Fsp3) is 0.294. The zero-order valence-corrected chi connectivity index (χ0v) is 13.4. The van der Waals surface area contributed by atoms with Crippen molar-refractivity contribution >= 4 is 9.84 Å². The minimum Gasteiger partial charge on any atom is -0.454 e. The Hall–Kier alpha value is -2.05. The van der Waals surface area contributed by atoms with Crippen LogP contribution in [0.5, 0.6) is 11.5 Å². The van der Waals surface area contributed by atoms with Crippen molar-refractivity contribution in [1.29, 1.82) is 0 Å². The van der Waals surface area contributed by atoms with Gasteiger partial charge in [-0.05, 0) is 36.8 Å². The summed E-state index contributed by atoms with van der Waals surface area (Å²) in [7, 11) is -3.44. The van der Waals surface area contributed by atoms with Crippen molar-refractivity contribution in [3.05, 3.63) is 53.6 Å². The van der Waals surface area contributed by atoms with Crippen molar-refractivity contribution in [3.63, 3.8) is 0 Å². The van der Waals surface area contributed by atoms with E-state index >= 15 is 0 Å². The highest BCUT2D eigenvalue weighted by molar-refractivity contribution is 7.92. The number of fused-ring (bicyclic) bond motifs is 1. The van der Waals surface area contributed by atoms with Gasteiger partial charge < -0.3 is 15.2 Å². The summed E-state index contributed by atoms with van der Waals surface area (Å²) < 4.78 is 36.2. The predicted octanol–water partition coefficient (Wildman–Crippen LogP) is 1.99. The van der Waals surface area contributed by atoms with Crippen LogP contribution in [0.2, 0.25) is 0 Å². The first-order chi connectivity index (χ1) is 11.0. The summed E-state index contributed by atoms with van der Waals surface area (Å²) in [5.74, 6) is 1.12. The quantitative estimate of drug-likeness (QED) is 0.930. The summed E-state index contributed by atoms with van der Waals surface area (Å²) in [5.41, 5.74) is 7.99. The second-order valence-electron chi connectivity index (χ2n) is 6.04. The van der Waals surface area contributed by atoms with E-state index in [2.05, 4.69) is 0 Å². The minimum absolute atomic E-state index is 0.195. The van der Waals surface area contributed by atoms with Gasteiger partial charge in [0.05, 0.1) is 10.1 Å². The van der Waals surface area contributed by atoms with Crippen molar-refractivity contribution in [2.75, 3.05) is 6.79 Å². The van der Waals surface area contributed by atoms with Crippen LogP contribution in [0, 0.1) is 6.92 Å². The first-order valence-electron chi connectivity index (χ1n) is 7.44. The number of benzene rings is 2. The molecule has 1 aliphatic carbocycles. The fourth-order valence-corrected chi connectivity index (χ4v) is 5.17. The summed E-state index contributed by atoms with van der Waals surface area (Å²) in [5, 5.41) is -0.592. The van der Waals surface area contributed by atoms with Crippen LogP contribution in [-0.4, -0.2) is 26.5 Å². The largest absolute Gasteiger partial charge is 0.454 e. The fourth-order valence-electron chi connectivity index (χ4n) is 3.12. The molecule has 2 aromatic rings. The molecular weight excluding hydrogens is 314 g/mol. The molecule has 0 radical (unpaired) electrons. The van der Waals surface area contributed by atoms with E-state index in [9.17, 15) is 8.42 Å². The highest BCUT2D eigenvalue weighted by Gasteiger charge is 2.57. The SMILES string of the molecule is Cc1ccc(S(=O)(=O)[C@@H]2[C@H](N)[C@H]2c2ccc3c(c2)OCO3)cc1. The highest BCUT2D eigenvalue weighted by Crippen LogP contribution is 2.49. The lowest BCUT2D eigenvalue weighted by atomic mass is 10.1. The van der Waals surface area contributed by atoms with E-state index in [0.717, 1.165) is 11.1 Å². The van der Waals surface area contributed by atoms with Gasteiger partial charge >= 0.3 is 0 Å². The molecule has 1 aliphatic heterocycles. The van der Waals surface area contributed by atoms with E-state index in [1.807, 2.05) is 19.1 Å². The van der Waals surface area contributed by atoms with Gasteiger partial charge in [0.25, 0.3) is 0 Å². The second kappa shape index (κ2) is 4.97. The molecule has 2 aromatic carbocycles. The van der Waals surface area contributed by atoms with Gasteiger partial charge in [0, 0.05) is 12.0 Å². The van der Waals surface area contributed by atoms with Gasteiger partial charge in [-0.3, -0.25) is 0 Å². The van der Waals surface area contributed by atoms with Gasteiger partial charge in [-0.1, -0.05) is 23.8 Å². The van der Waals surface area contributed by atoms with E-state index in [4.69, 9.17) is 15.2 Å². The zero-order chi connectivity index (χ0) is 16.2. The Morgan fingerprint density at radius 3 is 2.48 bits per heavy atom. The normalized spacial score (nSPS) is 25.4. The topological polar surface area (TPSA) is 78.6 Å². The van der Waals surface area contributed by atoms with Crippen LogP contribution in [0.25, 0.3) is 0 Å². The van der Waals surface area contributed by atoms with Crippen molar-refractivity contribution in [2.24, 2.45) is 5.73 Å². The number of nitrogens with two attached hydrogens (primary N) is 1. The lowest BCUT2D eigenvalue weighted by Crippen LogP contribution is -2.15. The van der Waals surface area contributed by atoms with Gasteiger partial charge in [-0.2, -0.15) is 0 Å². The minimum atomic E-state index is -3.44. The third kappa shape index (κ3) is 2.29. The summed E-state index contributed by atoms with van der Waals surface area (Å²) in [6.45, 7) is 2.12. The van der Waals surface area contributed by atoms with E-state index in [0.29, 0.717) is 16.4 Å². The second-order valence-corrected chi connectivity index (χ2v) is 8.14. The molecule has 1 heterocycles. The molecule has 2 aliphatic rings. The van der Waals surface area contributed by atoms with Gasteiger partial charge in [-0.15, -0.1) is 0 Å². The molecule has 5 nitrogen and oxygen atoms in total. The number of hydrogen-bond acceptors (Lipinski definition) is 5. The average molecular weight is 331 g/mol. The standard InChI is InChI=1S/C17H17NO4S/c1-10-2-5-12(6-3-10)23(19,20)17-15(16(17)18)11-4-7-13-14(8-11)22-9-21-13/h2-8,15-17H,9,18H2,1H3/t15-,16-,17+/m1/s1. The van der Waals surface area contributed by atoms with Crippen LogP contribution in [-0.2, 0) is 9.84 Å². The highest BCUT2D eigenvalue weighted by atomic mass is 32.2. The Morgan fingerprint density at radius 2 is 1.74 bits per heavy atom. The van der Waals surface area contributed by atoms with E-state index in [1.165, 1.54) is 0 Å². The summed E-state index contributed by atoms with van der Waals surface area (Å²) in [4.78, 5) is 0.326. The van der Waals surface area contributed by atoms with E-state index in [-0.39, 0.29) is 12.7 Å². The maximum absolute atomic E-state index is 12.8. The zero-order valence-electron chi connectivity index (χ0n) is 12.6. The first kappa shape index (κ1) is 14.5. The van der Waals surface area contributed by atoms with Gasteiger partial charge in [-0.25, -0.2) is 8.42 Å². The van der Waals surface area contributed by atoms with Crippen LogP contribution in [0.3, 0.4) is 0 Å². The van der Waals surface area contributed by atoms with Crippen LogP contribution in [0.15, 0.2) is 47.4 Å². The number of ether oxygens (including phenoxy) is 2. The van der Waals surface area contributed by atoms with Crippen LogP contribution < -0.4 is 15.2 Å². The average Bonchev–Trinajstić information content (AvgIpc) is 3.01. The van der Waals surface area contributed by atoms with Crippen molar-refractivity contribution in [1.82, 2.24) is 0 Å². The van der Waals surface area contributed by atoms with E-state index in [1.54, 1.807) is 30.3 Å². The molecule has 1 saturated carbocycles. The molecule has 23 heavy (non-hydrogen) atoms. The molecule has 0 aromatic heterocycles. The third-order valence-electron chi connectivity index (χ3n) is 4.50. The van der Waals surface area contributed by atoms with Gasteiger partial charge in [0.15, 0.2) is 21.3 Å². The van der Waals surface area contributed by atoms with Crippen molar-refractivity contribution in [2.45, 2.75) is 29.0 Å². The third-order valence-corrected chi connectivity index (χ3v) is 6.75. The maximum atomic E-state index is 12.8. The van der Waals surface area contributed by atoms with E-state index < -0.39 is 21.1 Å². The molecule has 120 valence electrons. The summed E-state index contributed by atoms with van der Waals surface area (Å²) >= 11 is 0. The molecule has 0 saturated heterocycles. The molecule has 2 N–H and O–H groups in total. The molecule has 6 heteroatoms. The molecule has 0 amide bonds. The molecule has 0 bridgehead atoms. The Kier molecular flexibility index (Phi) is 3.14. The van der Waals surface area contributed by atoms with Crippen LogP contribution >= 0.6 is 0 Å². The number of aryl methyl sites for hydroxylation is 1. The number of hydrogen-bond donors (Lipinski definition) is 1. The molecule has 3 atom stereocenters. The molecular formula is C17H17NO4S. The Bertz CT molecular complexity index is 861.